The molecule has 0 aliphatic heterocycles. The highest BCUT2D eigenvalue weighted by Gasteiger charge is 2.00. The number of hydrogen-bond acceptors (Lipinski definition) is 2. The first-order valence-corrected chi connectivity index (χ1v) is 3.62. The largest absolute Gasteiger partial charge is 0.170 e. The molecule has 3 heteroatoms. The van der Waals surface area contributed by atoms with Crippen LogP contribution in [-0.2, 0) is 0 Å². The van der Waals surface area contributed by atoms with Crippen LogP contribution in [0.5, 0.6) is 0 Å². The Balaban J connectivity index is 3.33. The molecule has 0 rings (SSSR count). The van der Waals surface area contributed by atoms with E-state index in [0.29, 0.717) is 0 Å². The van der Waals surface area contributed by atoms with E-state index in [9.17, 15) is 0 Å². The van der Waals surface area contributed by atoms with Crippen molar-refractivity contribution in [2.45, 2.75) is 10.2 Å². The van der Waals surface area contributed by atoms with Gasteiger partial charge in [-0.25, -0.2) is 0 Å². The minimum absolute atomic E-state index is 0.188. The van der Waals surface area contributed by atoms with Crippen LogP contribution in [0, 0.1) is 0 Å². The molecule has 0 aliphatic carbocycles. The lowest BCUT2D eigenvalue weighted by Crippen LogP contribution is -2.01. The molecule has 3 atom stereocenters. The third-order valence-electron chi connectivity index (χ3n) is 0.591. The van der Waals surface area contributed by atoms with Gasteiger partial charge in [-0.3, -0.25) is 0 Å². The summed E-state index contributed by atoms with van der Waals surface area (Å²) in [6.45, 7) is 3.54. The average molecular weight is 152 g/mol. The molecule has 0 radical (unpaired) electrons. The summed E-state index contributed by atoms with van der Waals surface area (Å²) in [6.07, 6.45) is 1.76. The predicted octanol–water partition coefficient (Wildman–Crippen LogP) is 1.60. The molecule has 0 nitrogen and oxygen atoms in total. The molecule has 0 aliphatic rings. The van der Waals surface area contributed by atoms with E-state index in [2.05, 4.69) is 41.1 Å². The maximum Gasteiger partial charge on any atom is 0.0345 e. The summed E-state index contributed by atoms with van der Waals surface area (Å²) in [5.74, 6) is 0. The number of rotatable bonds is 2. The molecule has 0 aromatic heterocycles. The van der Waals surface area contributed by atoms with Gasteiger partial charge in [0.2, 0.25) is 0 Å². The average Bonchev–Trinajstić information content (AvgIpc) is 1.65. The van der Waals surface area contributed by atoms with Crippen molar-refractivity contribution in [1.82, 2.24) is 0 Å². The Morgan fingerprint density at radius 3 is 2.00 bits per heavy atom. The van der Waals surface area contributed by atoms with Gasteiger partial charge in [0.25, 0.3) is 0 Å². The van der Waals surface area contributed by atoms with Gasteiger partial charge in [-0.05, 0) is 0 Å². The quantitative estimate of drug-likeness (QED) is 0.335. The van der Waals surface area contributed by atoms with Crippen molar-refractivity contribution >= 4 is 34.5 Å². The van der Waals surface area contributed by atoms with E-state index in [1.807, 2.05) is 0 Å². The summed E-state index contributed by atoms with van der Waals surface area (Å²) in [6, 6.07) is 0. The van der Waals surface area contributed by atoms with E-state index >= 15 is 0 Å². The topological polar surface area (TPSA) is 0 Å². The first-order valence-electron chi connectivity index (χ1n) is 1.92. The lowest BCUT2D eigenvalue weighted by molar-refractivity contribution is 1.23. The van der Waals surface area contributed by atoms with Crippen LogP contribution in [0.25, 0.3) is 0 Å². The minimum atomic E-state index is 0.188. The second-order valence-corrected chi connectivity index (χ2v) is 3.69. The first kappa shape index (κ1) is 7.87. The fourth-order valence-corrected chi connectivity index (χ4v) is 0.418. The van der Waals surface area contributed by atoms with Gasteiger partial charge in [0.1, 0.15) is 0 Å². The Kier molecular flexibility index (Phi) is 4.30. The molecule has 0 amide bonds. The summed E-state index contributed by atoms with van der Waals surface area (Å²) < 4.78 is 0. The van der Waals surface area contributed by atoms with Crippen LogP contribution in [0.15, 0.2) is 12.7 Å². The highest BCUT2D eigenvalue weighted by Crippen LogP contribution is 2.15. The molecule has 0 bridgehead atoms. The molecule has 0 aromatic carbocycles. The third-order valence-corrected chi connectivity index (χ3v) is 2.42. The molecule has 0 fully saturated rings. The molecule has 0 saturated carbocycles. The zero-order valence-electron chi connectivity index (χ0n) is 3.91. The Labute approximate surface area is 57.8 Å². The van der Waals surface area contributed by atoms with Gasteiger partial charge >= 0.3 is 0 Å². The molecular weight excluding hydrogens is 143 g/mol. The second-order valence-electron chi connectivity index (χ2n) is 1.22. The molecular formula is C4H9PS2. The summed E-state index contributed by atoms with van der Waals surface area (Å²) in [5.41, 5.74) is 0. The van der Waals surface area contributed by atoms with Crippen molar-refractivity contribution in [3.63, 3.8) is 0 Å². The zero-order chi connectivity index (χ0) is 5.86. The lowest BCUT2D eigenvalue weighted by atomic mass is 10.5. The zero-order valence-corrected chi connectivity index (χ0v) is 6.85. The summed E-state index contributed by atoms with van der Waals surface area (Å²) in [4.78, 5) is 0.223. The van der Waals surface area contributed by atoms with E-state index < -0.39 is 0 Å². The molecule has 0 heterocycles. The van der Waals surface area contributed by atoms with Crippen LogP contribution in [0.3, 0.4) is 0 Å². The van der Waals surface area contributed by atoms with E-state index in [1.54, 1.807) is 6.08 Å². The molecule has 0 spiro atoms. The van der Waals surface area contributed by atoms with Gasteiger partial charge < -0.3 is 0 Å². The van der Waals surface area contributed by atoms with Crippen molar-refractivity contribution in [1.29, 1.82) is 0 Å². The van der Waals surface area contributed by atoms with Crippen LogP contribution in [-0.4, -0.2) is 10.2 Å². The van der Waals surface area contributed by atoms with Crippen LogP contribution in [0.1, 0.15) is 0 Å². The maximum absolute atomic E-state index is 4.11. The SMILES string of the molecule is C=CC(S)[C@@H](P)S. The third kappa shape index (κ3) is 3.45. The highest BCUT2D eigenvalue weighted by molar-refractivity contribution is 7.88. The van der Waals surface area contributed by atoms with Gasteiger partial charge in [0.15, 0.2) is 0 Å². The molecule has 0 N–H and O–H groups in total. The Morgan fingerprint density at radius 1 is 1.57 bits per heavy atom. The smallest absolute Gasteiger partial charge is 0.0345 e. The molecule has 0 saturated heterocycles. The molecule has 42 valence electrons. The van der Waals surface area contributed by atoms with Gasteiger partial charge in [0.05, 0.1) is 0 Å². The van der Waals surface area contributed by atoms with Crippen molar-refractivity contribution in [2.75, 3.05) is 0 Å². The van der Waals surface area contributed by atoms with E-state index in [-0.39, 0.29) is 10.2 Å². The summed E-state index contributed by atoms with van der Waals surface area (Å²) in [5, 5.41) is 0.188. The maximum atomic E-state index is 4.11. The minimum Gasteiger partial charge on any atom is -0.170 e. The Bertz CT molecular complexity index is 62.7. The van der Waals surface area contributed by atoms with Crippen LogP contribution in [0.2, 0.25) is 0 Å². The molecule has 7 heavy (non-hydrogen) atoms. The van der Waals surface area contributed by atoms with Crippen molar-refractivity contribution in [3.8, 4) is 0 Å². The number of thiol groups is 2. The lowest BCUT2D eigenvalue weighted by Gasteiger charge is -2.05. The first-order chi connectivity index (χ1) is 3.18. The predicted molar refractivity (Wildman–Crippen MR) is 45.5 cm³/mol. The molecule has 2 unspecified atom stereocenters. The standard InChI is InChI=1S/C4H9PS2/c1-2-3(6)4(5)7/h2-4,6-7H,1,5H2/t3?,4-/m0/s1. The van der Waals surface area contributed by atoms with Crippen molar-refractivity contribution in [3.05, 3.63) is 12.7 Å². The van der Waals surface area contributed by atoms with E-state index in [4.69, 9.17) is 0 Å². The Morgan fingerprint density at radius 2 is 2.00 bits per heavy atom. The van der Waals surface area contributed by atoms with Crippen LogP contribution < -0.4 is 0 Å². The van der Waals surface area contributed by atoms with E-state index in [0.717, 1.165) is 0 Å². The second kappa shape index (κ2) is 3.82. The van der Waals surface area contributed by atoms with Gasteiger partial charge in [0, 0.05) is 10.2 Å². The van der Waals surface area contributed by atoms with Gasteiger partial charge in [-0.1, -0.05) is 6.08 Å². The van der Waals surface area contributed by atoms with Gasteiger partial charge in [-0.15, -0.1) is 15.8 Å². The fourth-order valence-electron chi connectivity index (χ4n) is 0.139. The number of hydrogen-bond donors (Lipinski definition) is 2. The molecule has 0 aromatic rings. The monoisotopic (exact) mass is 152 g/mol. The van der Waals surface area contributed by atoms with Gasteiger partial charge in [-0.2, -0.15) is 25.3 Å². The van der Waals surface area contributed by atoms with E-state index in [1.165, 1.54) is 0 Å². The highest BCUT2D eigenvalue weighted by atomic mass is 32.1. The van der Waals surface area contributed by atoms with Crippen LogP contribution >= 0.6 is 34.5 Å². The van der Waals surface area contributed by atoms with Crippen molar-refractivity contribution in [2.24, 2.45) is 0 Å². The normalized spacial score (nSPS) is 18.1. The summed E-state index contributed by atoms with van der Waals surface area (Å²) >= 11 is 8.20. The van der Waals surface area contributed by atoms with Crippen molar-refractivity contribution < 1.29 is 0 Å². The Hall–Kier alpha value is 0.870. The fraction of sp³-hybridized carbons (Fsp3) is 0.500. The van der Waals surface area contributed by atoms with Crippen LogP contribution in [0.4, 0.5) is 0 Å². The summed E-state index contributed by atoms with van der Waals surface area (Å²) in [7, 11) is 2.53.